The Labute approximate surface area is 97.6 Å². The highest BCUT2D eigenvalue weighted by atomic mass is 35.5. The summed E-state index contributed by atoms with van der Waals surface area (Å²) >= 11 is 5.80. The van der Waals surface area contributed by atoms with Crippen LogP contribution in [-0.4, -0.2) is 24.9 Å². The van der Waals surface area contributed by atoms with Gasteiger partial charge < -0.3 is 9.47 Å². The lowest BCUT2D eigenvalue weighted by Gasteiger charge is -2.20. The number of rotatable bonds is 6. The molecule has 0 heterocycles. The summed E-state index contributed by atoms with van der Waals surface area (Å²) in [5, 5.41) is 0. The monoisotopic (exact) mass is 232 g/mol. The van der Waals surface area contributed by atoms with Gasteiger partial charge in [-0.15, -0.1) is 11.6 Å². The van der Waals surface area contributed by atoms with Crippen LogP contribution in [0.2, 0.25) is 0 Å². The van der Waals surface area contributed by atoms with Gasteiger partial charge >= 0.3 is 0 Å². The van der Waals surface area contributed by atoms with Crippen molar-refractivity contribution in [3.05, 3.63) is 11.6 Å². The first-order chi connectivity index (χ1) is 7.11. The Bertz CT molecular complexity index is 214. The molecule has 0 aromatic carbocycles. The first-order valence-corrected chi connectivity index (χ1v) is 6.15. The summed E-state index contributed by atoms with van der Waals surface area (Å²) in [6.07, 6.45) is 4.29. The average Bonchev–Trinajstić information content (AvgIpc) is 2.58. The third kappa shape index (κ3) is 5.01. The van der Waals surface area contributed by atoms with Crippen LogP contribution in [0.15, 0.2) is 11.6 Å². The summed E-state index contributed by atoms with van der Waals surface area (Å²) in [5.41, 5.74) is 1.40. The highest BCUT2D eigenvalue weighted by Crippen LogP contribution is 2.22. The van der Waals surface area contributed by atoms with E-state index in [0.717, 1.165) is 12.8 Å². The Balaban J connectivity index is 2.27. The van der Waals surface area contributed by atoms with Gasteiger partial charge in [0.15, 0.2) is 6.29 Å². The van der Waals surface area contributed by atoms with E-state index in [1.165, 1.54) is 5.57 Å². The summed E-state index contributed by atoms with van der Waals surface area (Å²) in [5.74, 6) is 0.913. The van der Waals surface area contributed by atoms with E-state index in [-0.39, 0.29) is 12.4 Å². The number of halogens is 1. The van der Waals surface area contributed by atoms with Crippen LogP contribution in [0, 0.1) is 5.92 Å². The minimum atomic E-state index is -0.263. The van der Waals surface area contributed by atoms with Crippen molar-refractivity contribution in [1.29, 1.82) is 0 Å². The Kier molecular flexibility index (Phi) is 5.65. The van der Waals surface area contributed by atoms with Gasteiger partial charge in [0, 0.05) is 0 Å². The lowest BCUT2D eigenvalue weighted by Crippen LogP contribution is -2.25. The molecule has 3 heteroatoms. The molecule has 0 spiro atoms. The number of alkyl halides is 1. The van der Waals surface area contributed by atoms with Gasteiger partial charge in [-0.05, 0) is 25.7 Å². The molecule has 0 saturated heterocycles. The molecule has 2 atom stereocenters. The SMILES string of the molecule is CC1=CC(OC(CCl)OCC(C)C)CC1. The van der Waals surface area contributed by atoms with E-state index in [1.54, 1.807) is 0 Å². The van der Waals surface area contributed by atoms with Crippen molar-refractivity contribution in [1.82, 2.24) is 0 Å². The molecule has 0 fully saturated rings. The molecule has 0 N–H and O–H groups in total. The van der Waals surface area contributed by atoms with Crippen molar-refractivity contribution >= 4 is 11.6 Å². The van der Waals surface area contributed by atoms with E-state index < -0.39 is 0 Å². The van der Waals surface area contributed by atoms with Crippen LogP contribution in [0.5, 0.6) is 0 Å². The van der Waals surface area contributed by atoms with Crippen LogP contribution < -0.4 is 0 Å². The third-order valence-electron chi connectivity index (χ3n) is 2.36. The summed E-state index contributed by atoms with van der Waals surface area (Å²) < 4.78 is 11.3. The molecule has 0 saturated carbocycles. The van der Waals surface area contributed by atoms with E-state index in [1.807, 2.05) is 0 Å². The van der Waals surface area contributed by atoms with Gasteiger partial charge in [0.1, 0.15) is 0 Å². The van der Waals surface area contributed by atoms with Crippen LogP contribution in [0.1, 0.15) is 33.6 Å². The smallest absolute Gasteiger partial charge is 0.171 e. The van der Waals surface area contributed by atoms with Gasteiger partial charge in [0.2, 0.25) is 0 Å². The maximum atomic E-state index is 5.80. The van der Waals surface area contributed by atoms with E-state index in [4.69, 9.17) is 21.1 Å². The van der Waals surface area contributed by atoms with Gasteiger partial charge in [-0.25, -0.2) is 0 Å². The molecular weight excluding hydrogens is 212 g/mol. The molecular formula is C12H21ClO2. The van der Waals surface area contributed by atoms with Gasteiger partial charge in [-0.2, -0.15) is 0 Å². The van der Waals surface area contributed by atoms with E-state index >= 15 is 0 Å². The summed E-state index contributed by atoms with van der Waals surface area (Å²) in [7, 11) is 0. The van der Waals surface area contributed by atoms with Gasteiger partial charge in [-0.3, -0.25) is 0 Å². The van der Waals surface area contributed by atoms with Crippen molar-refractivity contribution in [2.45, 2.75) is 46.0 Å². The Morgan fingerprint density at radius 3 is 2.73 bits per heavy atom. The zero-order valence-corrected chi connectivity index (χ0v) is 10.6. The first-order valence-electron chi connectivity index (χ1n) is 5.62. The predicted molar refractivity (Wildman–Crippen MR) is 63.2 cm³/mol. The molecule has 0 aromatic heterocycles. The largest absolute Gasteiger partial charge is 0.351 e. The third-order valence-corrected chi connectivity index (χ3v) is 2.61. The molecule has 1 aliphatic rings. The molecule has 0 aliphatic heterocycles. The Hall–Kier alpha value is -0.0500. The fourth-order valence-corrected chi connectivity index (χ4v) is 1.74. The maximum absolute atomic E-state index is 5.80. The predicted octanol–water partition coefficient (Wildman–Crippen LogP) is 3.35. The number of hydrogen-bond acceptors (Lipinski definition) is 2. The topological polar surface area (TPSA) is 18.5 Å². The van der Waals surface area contributed by atoms with Gasteiger partial charge in [0.05, 0.1) is 18.6 Å². The molecule has 1 rings (SSSR count). The van der Waals surface area contributed by atoms with Crippen LogP contribution in [0.3, 0.4) is 0 Å². The van der Waals surface area contributed by atoms with E-state index in [2.05, 4.69) is 26.8 Å². The molecule has 0 radical (unpaired) electrons. The number of hydrogen-bond donors (Lipinski definition) is 0. The van der Waals surface area contributed by atoms with Crippen LogP contribution in [0.25, 0.3) is 0 Å². The average molecular weight is 233 g/mol. The molecule has 1 aliphatic carbocycles. The van der Waals surface area contributed by atoms with Crippen LogP contribution in [0.4, 0.5) is 0 Å². The number of allylic oxidation sites excluding steroid dienone is 1. The second-order valence-corrected chi connectivity index (χ2v) is 4.85. The van der Waals surface area contributed by atoms with Crippen molar-refractivity contribution in [3.8, 4) is 0 Å². The Morgan fingerprint density at radius 2 is 2.27 bits per heavy atom. The standard InChI is InChI=1S/C12H21ClO2/c1-9(2)8-14-12(7-13)15-11-5-4-10(3)6-11/h6,9,11-12H,4-5,7-8H2,1-3H3. The lowest BCUT2D eigenvalue weighted by molar-refractivity contribution is -0.151. The zero-order valence-electron chi connectivity index (χ0n) is 9.83. The van der Waals surface area contributed by atoms with Crippen molar-refractivity contribution < 1.29 is 9.47 Å². The summed E-state index contributed by atoms with van der Waals surface area (Å²) in [6.45, 7) is 7.07. The summed E-state index contributed by atoms with van der Waals surface area (Å²) in [4.78, 5) is 0. The summed E-state index contributed by atoms with van der Waals surface area (Å²) in [6, 6.07) is 0. The van der Waals surface area contributed by atoms with Crippen LogP contribution in [-0.2, 0) is 9.47 Å². The molecule has 0 amide bonds. The number of ether oxygens (including phenoxy) is 2. The van der Waals surface area contributed by atoms with E-state index in [0.29, 0.717) is 18.4 Å². The minimum Gasteiger partial charge on any atom is -0.351 e. The highest BCUT2D eigenvalue weighted by Gasteiger charge is 2.19. The molecule has 0 bridgehead atoms. The van der Waals surface area contributed by atoms with Crippen molar-refractivity contribution in [3.63, 3.8) is 0 Å². The molecule has 15 heavy (non-hydrogen) atoms. The van der Waals surface area contributed by atoms with Crippen LogP contribution >= 0.6 is 11.6 Å². The van der Waals surface area contributed by atoms with Gasteiger partial charge in [-0.1, -0.05) is 25.5 Å². The minimum absolute atomic E-state index is 0.195. The highest BCUT2D eigenvalue weighted by molar-refractivity contribution is 6.18. The van der Waals surface area contributed by atoms with Crippen molar-refractivity contribution in [2.75, 3.05) is 12.5 Å². The quantitative estimate of drug-likeness (QED) is 0.397. The van der Waals surface area contributed by atoms with Crippen molar-refractivity contribution in [2.24, 2.45) is 5.92 Å². The molecule has 0 aromatic rings. The lowest BCUT2D eigenvalue weighted by atomic mass is 10.2. The normalized spacial score (nSPS) is 23.3. The fourth-order valence-electron chi connectivity index (χ4n) is 1.58. The second-order valence-electron chi connectivity index (χ2n) is 4.54. The Morgan fingerprint density at radius 1 is 1.53 bits per heavy atom. The maximum Gasteiger partial charge on any atom is 0.171 e. The fraction of sp³-hybridized carbons (Fsp3) is 0.833. The molecule has 2 nitrogen and oxygen atoms in total. The van der Waals surface area contributed by atoms with Gasteiger partial charge in [0.25, 0.3) is 0 Å². The second kappa shape index (κ2) is 6.51. The van der Waals surface area contributed by atoms with E-state index in [9.17, 15) is 0 Å². The first kappa shape index (κ1) is 13.0. The molecule has 88 valence electrons. The zero-order chi connectivity index (χ0) is 11.3. The molecule has 2 unspecified atom stereocenters.